The van der Waals surface area contributed by atoms with E-state index in [0.29, 0.717) is 0 Å². The molecule has 0 bridgehead atoms. The highest BCUT2D eigenvalue weighted by atomic mass is 14.2. The molecule has 9 rings (SSSR count). The van der Waals surface area contributed by atoms with Crippen LogP contribution in [0.25, 0.3) is 88.3 Å². The molecule has 0 radical (unpaired) electrons. The smallest absolute Gasteiger partial charge is 0.00201 e. The van der Waals surface area contributed by atoms with E-state index in [1.54, 1.807) is 0 Å². The van der Waals surface area contributed by atoms with Crippen molar-refractivity contribution in [2.45, 2.75) is 12.8 Å². The highest BCUT2D eigenvalue weighted by Crippen LogP contribution is 2.45. The maximum atomic E-state index is 2.40. The van der Waals surface area contributed by atoms with Crippen molar-refractivity contribution in [1.82, 2.24) is 0 Å². The second kappa shape index (κ2) is 9.16. The standard InChI is InChI=1S/C42H28/c1-2-11-28-25-32(21-20-27(28)10-1)41-36-14-5-7-16-38(36)42(39-17-8-6-15-37(39)41)35-19-9-18-33-34(35)23-22-31-24-29-12-3-4-13-30(29)26-40(31)33/h3-26H,1-2H2. The lowest BCUT2D eigenvalue weighted by molar-refractivity contribution is 1.12. The van der Waals surface area contributed by atoms with Gasteiger partial charge in [-0.1, -0.05) is 127 Å². The summed E-state index contributed by atoms with van der Waals surface area (Å²) in [6.07, 6.45) is 7.00. The van der Waals surface area contributed by atoms with E-state index in [4.69, 9.17) is 0 Å². The monoisotopic (exact) mass is 532 g/mol. The topological polar surface area (TPSA) is 0 Å². The molecule has 0 fully saturated rings. The number of rotatable bonds is 2. The minimum absolute atomic E-state index is 1.11. The predicted molar refractivity (Wildman–Crippen MR) is 182 cm³/mol. The maximum absolute atomic E-state index is 2.40. The van der Waals surface area contributed by atoms with Crippen molar-refractivity contribution in [3.05, 3.63) is 144 Å². The molecule has 0 N–H and O–H groups in total. The van der Waals surface area contributed by atoms with E-state index in [0.717, 1.165) is 12.8 Å². The van der Waals surface area contributed by atoms with E-state index in [2.05, 4.69) is 146 Å². The van der Waals surface area contributed by atoms with Gasteiger partial charge in [0.2, 0.25) is 0 Å². The molecule has 0 heterocycles. The van der Waals surface area contributed by atoms with Crippen LogP contribution in [0.3, 0.4) is 0 Å². The zero-order chi connectivity index (χ0) is 27.6. The summed E-state index contributed by atoms with van der Waals surface area (Å²) in [6.45, 7) is 0. The fraction of sp³-hybridized carbons (Fsp3) is 0.0476. The molecule has 0 spiro atoms. The van der Waals surface area contributed by atoms with Crippen molar-refractivity contribution in [1.29, 1.82) is 0 Å². The third-order valence-electron chi connectivity index (χ3n) is 9.22. The Labute approximate surface area is 244 Å². The minimum atomic E-state index is 1.11. The van der Waals surface area contributed by atoms with Gasteiger partial charge in [0, 0.05) is 0 Å². The zero-order valence-electron chi connectivity index (χ0n) is 23.3. The van der Waals surface area contributed by atoms with E-state index in [9.17, 15) is 0 Å². The molecule has 42 heavy (non-hydrogen) atoms. The summed E-state index contributed by atoms with van der Waals surface area (Å²) in [6, 6.07) is 49.8. The molecular formula is C42H28. The van der Waals surface area contributed by atoms with E-state index >= 15 is 0 Å². The quantitative estimate of drug-likeness (QED) is 0.153. The van der Waals surface area contributed by atoms with Crippen molar-refractivity contribution < 1.29 is 0 Å². The molecule has 1 aliphatic carbocycles. The number of hydrogen-bond donors (Lipinski definition) is 0. The summed E-state index contributed by atoms with van der Waals surface area (Å²) < 4.78 is 0. The molecule has 1 aliphatic rings. The highest BCUT2D eigenvalue weighted by molar-refractivity contribution is 6.25. The van der Waals surface area contributed by atoms with Gasteiger partial charge in [0.15, 0.2) is 0 Å². The molecule has 0 heteroatoms. The molecule has 8 aromatic rings. The molecule has 196 valence electrons. The Morgan fingerprint density at radius 1 is 0.333 bits per heavy atom. The molecule has 0 saturated carbocycles. The third-order valence-corrected chi connectivity index (χ3v) is 9.22. The SMILES string of the molecule is C1=c2ccc(-c3c4ccccc4c(-c4cccc5c4ccc4cc6ccccc6cc45)c4ccccc34)cc2=CCC1. The van der Waals surface area contributed by atoms with Crippen LogP contribution in [-0.2, 0) is 0 Å². The Hall–Kier alpha value is -5.20. The first kappa shape index (κ1) is 23.5. The Kier molecular flexibility index (Phi) is 5.12. The largest absolute Gasteiger partial charge is 0.0764 e. The second-order valence-corrected chi connectivity index (χ2v) is 11.6. The Bertz CT molecular complexity index is 2460. The van der Waals surface area contributed by atoms with Crippen LogP contribution in [0.1, 0.15) is 12.8 Å². The highest BCUT2D eigenvalue weighted by Gasteiger charge is 2.18. The van der Waals surface area contributed by atoms with E-state index in [1.165, 1.54) is 86.6 Å². The van der Waals surface area contributed by atoms with Gasteiger partial charge in [-0.2, -0.15) is 0 Å². The average Bonchev–Trinajstić information content (AvgIpc) is 3.05. The van der Waals surface area contributed by atoms with Crippen molar-refractivity contribution in [3.8, 4) is 22.3 Å². The van der Waals surface area contributed by atoms with Gasteiger partial charge >= 0.3 is 0 Å². The summed E-state index contributed by atoms with van der Waals surface area (Å²) in [5.74, 6) is 0. The normalized spacial score (nSPS) is 13.0. The molecular weight excluding hydrogens is 504 g/mol. The molecule has 0 amide bonds. The van der Waals surface area contributed by atoms with E-state index in [1.807, 2.05) is 0 Å². The number of hydrogen-bond acceptors (Lipinski definition) is 0. The molecule has 8 aromatic carbocycles. The van der Waals surface area contributed by atoms with Crippen LogP contribution < -0.4 is 10.4 Å². The van der Waals surface area contributed by atoms with Crippen LogP contribution >= 0.6 is 0 Å². The Balaban J connectivity index is 1.39. The summed E-state index contributed by atoms with van der Waals surface area (Å²) in [5.41, 5.74) is 5.21. The van der Waals surface area contributed by atoms with Crippen LogP contribution in [-0.4, -0.2) is 0 Å². The van der Waals surface area contributed by atoms with Gasteiger partial charge in [-0.15, -0.1) is 0 Å². The molecule has 0 saturated heterocycles. The van der Waals surface area contributed by atoms with Gasteiger partial charge in [0.1, 0.15) is 0 Å². The lowest BCUT2D eigenvalue weighted by Crippen LogP contribution is -2.26. The van der Waals surface area contributed by atoms with Gasteiger partial charge < -0.3 is 0 Å². The van der Waals surface area contributed by atoms with Crippen molar-refractivity contribution in [2.24, 2.45) is 0 Å². The summed E-state index contributed by atoms with van der Waals surface area (Å²) in [4.78, 5) is 0. The fourth-order valence-corrected chi connectivity index (χ4v) is 7.30. The third kappa shape index (κ3) is 3.49. The second-order valence-electron chi connectivity index (χ2n) is 11.6. The maximum Gasteiger partial charge on any atom is -0.00201 e. The van der Waals surface area contributed by atoms with Gasteiger partial charge in [0.25, 0.3) is 0 Å². The average molecular weight is 533 g/mol. The fourth-order valence-electron chi connectivity index (χ4n) is 7.30. The van der Waals surface area contributed by atoms with E-state index < -0.39 is 0 Å². The molecule has 0 aromatic heterocycles. The van der Waals surface area contributed by atoms with Crippen molar-refractivity contribution in [3.63, 3.8) is 0 Å². The van der Waals surface area contributed by atoms with Gasteiger partial charge in [-0.25, -0.2) is 0 Å². The van der Waals surface area contributed by atoms with Crippen molar-refractivity contribution >= 4 is 66.0 Å². The Morgan fingerprint density at radius 3 is 1.69 bits per heavy atom. The summed E-state index contributed by atoms with van der Waals surface area (Å²) >= 11 is 0. The first-order chi connectivity index (χ1) is 20.8. The van der Waals surface area contributed by atoms with Crippen LogP contribution in [0, 0.1) is 0 Å². The van der Waals surface area contributed by atoms with Crippen LogP contribution in [0.2, 0.25) is 0 Å². The van der Waals surface area contributed by atoms with E-state index in [-0.39, 0.29) is 0 Å². The van der Waals surface area contributed by atoms with Crippen LogP contribution in [0.5, 0.6) is 0 Å². The molecule has 0 aliphatic heterocycles. The van der Waals surface area contributed by atoms with Gasteiger partial charge in [0.05, 0.1) is 0 Å². The predicted octanol–water partition coefficient (Wildman–Crippen LogP) is 10.1. The first-order valence-corrected chi connectivity index (χ1v) is 14.9. The molecule has 0 unspecified atom stereocenters. The minimum Gasteiger partial charge on any atom is -0.0764 e. The molecule has 0 atom stereocenters. The summed E-state index contributed by atoms with van der Waals surface area (Å²) in [7, 11) is 0. The van der Waals surface area contributed by atoms with Crippen molar-refractivity contribution in [2.75, 3.05) is 0 Å². The lowest BCUT2D eigenvalue weighted by Gasteiger charge is -2.19. The molecule has 0 nitrogen and oxygen atoms in total. The Morgan fingerprint density at radius 2 is 0.952 bits per heavy atom. The van der Waals surface area contributed by atoms with Crippen LogP contribution in [0.15, 0.2) is 133 Å². The van der Waals surface area contributed by atoms with Crippen LogP contribution in [0.4, 0.5) is 0 Å². The van der Waals surface area contributed by atoms with Gasteiger partial charge in [-0.05, 0) is 118 Å². The number of benzene rings is 8. The summed E-state index contributed by atoms with van der Waals surface area (Å²) in [5, 5.41) is 15.6. The number of fused-ring (bicyclic) bond motifs is 7. The van der Waals surface area contributed by atoms with Gasteiger partial charge in [-0.3, -0.25) is 0 Å². The lowest BCUT2D eigenvalue weighted by atomic mass is 9.84. The first-order valence-electron chi connectivity index (χ1n) is 14.9. The zero-order valence-corrected chi connectivity index (χ0v) is 23.3.